The molecule has 2 aliphatic rings. The molecule has 5 rings (SSSR count). The molecule has 2 heterocycles. The van der Waals surface area contributed by atoms with Gasteiger partial charge in [0.15, 0.2) is 10.2 Å². The summed E-state index contributed by atoms with van der Waals surface area (Å²) in [5.41, 5.74) is 2.76. The molecule has 3 aromatic rings. The Balaban J connectivity index is 1.16. The number of methoxy groups -OCH3 is 1. The Hall–Kier alpha value is -3.95. The zero-order chi connectivity index (χ0) is 26.5. The van der Waals surface area contributed by atoms with Crippen LogP contribution in [0.25, 0.3) is 6.08 Å². The molecule has 3 aromatic carbocycles. The summed E-state index contributed by atoms with van der Waals surface area (Å²) >= 11 is 11.0. The zero-order valence-electron chi connectivity index (χ0n) is 20.9. The SMILES string of the molecule is COc1ccccc1NC(=S)N1CCC2(C=Cc3cc(NC(=S)NC(=O)c4ccccc4)ccc3O2)CC1. The number of hydrogen-bond donors (Lipinski definition) is 3. The second-order valence-corrected chi connectivity index (χ2v) is 9.94. The molecule has 1 saturated heterocycles. The molecule has 3 N–H and O–H groups in total. The molecule has 0 bridgehead atoms. The van der Waals surface area contributed by atoms with Gasteiger partial charge >= 0.3 is 0 Å². The van der Waals surface area contributed by atoms with Crippen LogP contribution in [0.3, 0.4) is 0 Å². The quantitative estimate of drug-likeness (QED) is 0.374. The van der Waals surface area contributed by atoms with Crippen LogP contribution in [0.4, 0.5) is 11.4 Å². The predicted molar refractivity (Wildman–Crippen MR) is 159 cm³/mol. The van der Waals surface area contributed by atoms with Crippen LogP contribution >= 0.6 is 24.4 Å². The number of thiocarbonyl (C=S) groups is 2. The maximum atomic E-state index is 12.3. The van der Waals surface area contributed by atoms with E-state index in [1.165, 1.54) is 0 Å². The van der Waals surface area contributed by atoms with Crippen molar-refractivity contribution in [3.63, 3.8) is 0 Å². The third-order valence-corrected chi connectivity index (χ3v) is 7.22. The first-order chi connectivity index (χ1) is 18.4. The second kappa shape index (κ2) is 11.2. The van der Waals surface area contributed by atoms with E-state index in [4.69, 9.17) is 33.9 Å². The zero-order valence-corrected chi connectivity index (χ0v) is 22.5. The van der Waals surface area contributed by atoms with E-state index in [1.54, 1.807) is 19.2 Å². The van der Waals surface area contributed by atoms with Crippen molar-refractivity contribution in [1.29, 1.82) is 0 Å². The molecular formula is C29H28N4O3S2. The van der Waals surface area contributed by atoms with E-state index < -0.39 is 0 Å². The van der Waals surface area contributed by atoms with E-state index in [9.17, 15) is 4.79 Å². The Morgan fingerprint density at radius 1 is 0.974 bits per heavy atom. The van der Waals surface area contributed by atoms with Gasteiger partial charge in [-0.25, -0.2) is 0 Å². The number of likely N-dealkylation sites (tertiary alicyclic amines) is 1. The summed E-state index contributed by atoms with van der Waals surface area (Å²) < 4.78 is 11.9. The van der Waals surface area contributed by atoms with Crippen molar-refractivity contribution in [2.24, 2.45) is 0 Å². The van der Waals surface area contributed by atoms with Crippen LogP contribution in [0.2, 0.25) is 0 Å². The van der Waals surface area contributed by atoms with E-state index in [0.29, 0.717) is 10.7 Å². The predicted octanol–water partition coefficient (Wildman–Crippen LogP) is 5.46. The van der Waals surface area contributed by atoms with Gasteiger partial charge in [-0.2, -0.15) is 0 Å². The number of nitrogens with one attached hydrogen (secondary N) is 3. The van der Waals surface area contributed by atoms with E-state index in [2.05, 4.69) is 33.0 Å². The fraction of sp³-hybridized carbons (Fsp3) is 0.207. The lowest BCUT2D eigenvalue weighted by molar-refractivity contribution is 0.0594. The molecule has 0 atom stereocenters. The normalized spacial score (nSPS) is 15.1. The van der Waals surface area contributed by atoms with Gasteiger partial charge in [0.05, 0.1) is 12.8 Å². The number of hydrogen-bond acceptors (Lipinski definition) is 5. The largest absolute Gasteiger partial charge is 0.495 e. The van der Waals surface area contributed by atoms with Gasteiger partial charge in [0.25, 0.3) is 5.91 Å². The summed E-state index contributed by atoms with van der Waals surface area (Å²) in [7, 11) is 1.65. The lowest BCUT2D eigenvalue weighted by Crippen LogP contribution is -2.50. The first-order valence-corrected chi connectivity index (χ1v) is 13.1. The lowest BCUT2D eigenvalue weighted by atomic mass is 9.88. The van der Waals surface area contributed by atoms with Crippen molar-refractivity contribution in [2.45, 2.75) is 18.4 Å². The number of para-hydroxylation sites is 2. The van der Waals surface area contributed by atoms with Crippen LogP contribution in [0.15, 0.2) is 78.9 Å². The fourth-order valence-corrected chi connectivity index (χ4v) is 5.07. The minimum absolute atomic E-state index is 0.237. The van der Waals surface area contributed by atoms with Gasteiger partial charge in [-0.3, -0.25) is 10.1 Å². The highest BCUT2D eigenvalue weighted by Gasteiger charge is 2.37. The molecule has 7 nitrogen and oxygen atoms in total. The van der Waals surface area contributed by atoms with E-state index in [0.717, 1.165) is 54.4 Å². The molecule has 1 fully saturated rings. The highest BCUT2D eigenvalue weighted by atomic mass is 32.1. The number of rotatable bonds is 4. The topological polar surface area (TPSA) is 74.9 Å². The highest BCUT2D eigenvalue weighted by Crippen LogP contribution is 2.38. The van der Waals surface area contributed by atoms with Gasteiger partial charge in [-0.15, -0.1) is 0 Å². The van der Waals surface area contributed by atoms with Gasteiger partial charge in [0.1, 0.15) is 17.1 Å². The van der Waals surface area contributed by atoms with Gasteiger partial charge in [0, 0.05) is 42.7 Å². The van der Waals surface area contributed by atoms with Crippen molar-refractivity contribution in [2.75, 3.05) is 30.8 Å². The number of amides is 1. The number of carbonyl (C=O) groups is 1. The Kier molecular flexibility index (Phi) is 7.57. The highest BCUT2D eigenvalue weighted by molar-refractivity contribution is 7.80. The number of ether oxygens (including phenoxy) is 2. The van der Waals surface area contributed by atoms with Crippen molar-refractivity contribution in [3.8, 4) is 11.5 Å². The Labute approximate surface area is 232 Å². The molecular weight excluding hydrogens is 516 g/mol. The summed E-state index contributed by atoms with van der Waals surface area (Å²) in [5.74, 6) is 1.32. The van der Waals surface area contributed by atoms with Gasteiger partial charge in [-0.05, 0) is 73.0 Å². The maximum Gasteiger partial charge on any atom is 0.257 e. The van der Waals surface area contributed by atoms with E-state index in [1.807, 2.05) is 60.7 Å². The van der Waals surface area contributed by atoms with Gasteiger partial charge in [0.2, 0.25) is 0 Å². The standard InChI is InChI=1S/C29H28N4O3S2/c1-35-25-10-6-5-9-23(25)31-28(38)33-17-15-29(16-18-33)14-13-21-19-22(11-12-24(21)36-29)30-27(37)32-26(34)20-7-3-2-4-8-20/h2-14,19H,15-18H2,1H3,(H,31,38)(H2,30,32,34,37). The summed E-state index contributed by atoms with van der Waals surface area (Å²) in [6, 6.07) is 22.5. The van der Waals surface area contributed by atoms with E-state index in [-0.39, 0.29) is 16.6 Å². The fourth-order valence-electron chi connectivity index (χ4n) is 4.57. The Morgan fingerprint density at radius 3 is 2.47 bits per heavy atom. The van der Waals surface area contributed by atoms with Crippen molar-refractivity contribution < 1.29 is 14.3 Å². The Bertz CT molecular complexity index is 1390. The second-order valence-electron chi connectivity index (χ2n) is 9.14. The van der Waals surface area contributed by atoms with Crippen LogP contribution in [0.1, 0.15) is 28.8 Å². The van der Waals surface area contributed by atoms with Crippen molar-refractivity contribution in [1.82, 2.24) is 10.2 Å². The van der Waals surface area contributed by atoms with Crippen LogP contribution in [-0.2, 0) is 0 Å². The van der Waals surface area contributed by atoms with Gasteiger partial charge < -0.3 is 25.0 Å². The maximum absolute atomic E-state index is 12.3. The summed E-state index contributed by atoms with van der Waals surface area (Å²) in [6.07, 6.45) is 5.86. The average Bonchev–Trinajstić information content (AvgIpc) is 2.94. The molecule has 2 aliphatic heterocycles. The smallest absolute Gasteiger partial charge is 0.257 e. The van der Waals surface area contributed by atoms with E-state index >= 15 is 0 Å². The molecule has 0 radical (unpaired) electrons. The molecule has 194 valence electrons. The first kappa shape index (κ1) is 25.7. The van der Waals surface area contributed by atoms with Crippen molar-refractivity contribution in [3.05, 3.63) is 90.0 Å². The third-order valence-electron chi connectivity index (χ3n) is 6.66. The summed E-state index contributed by atoms with van der Waals surface area (Å²) in [6.45, 7) is 1.55. The average molecular weight is 545 g/mol. The lowest BCUT2D eigenvalue weighted by Gasteiger charge is -2.42. The molecule has 0 saturated carbocycles. The van der Waals surface area contributed by atoms with Crippen molar-refractivity contribution >= 4 is 58.0 Å². The minimum atomic E-state index is -0.364. The first-order valence-electron chi connectivity index (χ1n) is 12.3. The van der Waals surface area contributed by atoms with Crippen LogP contribution < -0.4 is 25.4 Å². The minimum Gasteiger partial charge on any atom is -0.495 e. The number of benzene rings is 3. The van der Waals surface area contributed by atoms with Crippen LogP contribution in [0, 0.1) is 0 Å². The van der Waals surface area contributed by atoms with Crippen LogP contribution in [-0.4, -0.2) is 46.8 Å². The molecule has 0 unspecified atom stereocenters. The number of anilines is 2. The molecule has 9 heteroatoms. The molecule has 1 spiro atoms. The number of piperidine rings is 1. The molecule has 1 amide bonds. The summed E-state index contributed by atoms with van der Waals surface area (Å²) in [5, 5.41) is 10.0. The molecule has 0 aromatic heterocycles. The molecule has 0 aliphatic carbocycles. The number of fused-ring (bicyclic) bond motifs is 1. The Morgan fingerprint density at radius 2 is 1.71 bits per heavy atom. The number of nitrogens with zero attached hydrogens (tertiary/aromatic N) is 1. The summed E-state index contributed by atoms with van der Waals surface area (Å²) in [4.78, 5) is 14.5. The van der Waals surface area contributed by atoms with Crippen LogP contribution in [0.5, 0.6) is 11.5 Å². The van der Waals surface area contributed by atoms with Gasteiger partial charge in [-0.1, -0.05) is 36.4 Å². The monoisotopic (exact) mass is 544 g/mol. The third kappa shape index (κ3) is 5.79. The number of carbonyl (C=O) groups excluding carboxylic acids is 1. The molecule has 38 heavy (non-hydrogen) atoms.